The largest absolute Gasteiger partial charge is 0.494 e. The van der Waals surface area contributed by atoms with Crippen molar-refractivity contribution in [2.75, 3.05) is 13.7 Å². The number of ether oxygens (including phenoxy) is 1. The number of benzene rings is 1. The second-order valence-corrected chi connectivity index (χ2v) is 3.08. The second kappa shape index (κ2) is 5.32. The standard InChI is InChI=1S/C10H12FNO4/c1-16-9-3-2-6(4-7(9)11)8(5-13)12-10(14)15/h2-4,8,12-13H,5H2,1H3,(H,14,15). The van der Waals surface area contributed by atoms with E-state index in [0.717, 1.165) is 6.07 Å². The molecule has 1 amide bonds. The van der Waals surface area contributed by atoms with Crippen LogP contribution in [0, 0.1) is 5.82 Å². The number of hydrogen-bond donors (Lipinski definition) is 3. The van der Waals surface area contributed by atoms with Gasteiger partial charge < -0.3 is 20.3 Å². The van der Waals surface area contributed by atoms with Crippen molar-refractivity contribution in [2.45, 2.75) is 6.04 Å². The molecular formula is C10H12FNO4. The monoisotopic (exact) mass is 229 g/mol. The van der Waals surface area contributed by atoms with Crippen molar-refractivity contribution in [1.29, 1.82) is 0 Å². The van der Waals surface area contributed by atoms with Crippen molar-refractivity contribution < 1.29 is 24.1 Å². The number of hydrogen-bond acceptors (Lipinski definition) is 3. The van der Waals surface area contributed by atoms with Crippen LogP contribution >= 0.6 is 0 Å². The van der Waals surface area contributed by atoms with E-state index in [-0.39, 0.29) is 5.75 Å². The number of carboxylic acid groups (broad SMARTS) is 1. The summed E-state index contributed by atoms with van der Waals surface area (Å²) in [7, 11) is 1.33. The Hall–Kier alpha value is -1.82. The smallest absolute Gasteiger partial charge is 0.405 e. The zero-order valence-corrected chi connectivity index (χ0v) is 8.61. The Morgan fingerprint density at radius 3 is 2.75 bits per heavy atom. The van der Waals surface area contributed by atoms with E-state index in [1.54, 1.807) is 0 Å². The van der Waals surface area contributed by atoms with Gasteiger partial charge in [-0.15, -0.1) is 0 Å². The molecule has 0 bridgehead atoms. The number of aliphatic hydroxyl groups excluding tert-OH is 1. The van der Waals surface area contributed by atoms with Gasteiger partial charge in [0.1, 0.15) is 0 Å². The highest BCUT2D eigenvalue weighted by molar-refractivity contribution is 5.65. The van der Waals surface area contributed by atoms with Crippen molar-refractivity contribution in [3.63, 3.8) is 0 Å². The van der Waals surface area contributed by atoms with Gasteiger partial charge in [-0.25, -0.2) is 9.18 Å². The van der Waals surface area contributed by atoms with E-state index in [1.165, 1.54) is 19.2 Å². The molecule has 0 saturated carbocycles. The first-order valence-electron chi connectivity index (χ1n) is 4.52. The molecule has 5 nitrogen and oxygen atoms in total. The first kappa shape index (κ1) is 12.3. The molecule has 0 aliphatic carbocycles. The molecule has 1 aromatic rings. The Bertz CT molecular complexity index is 383. The van der Waals surface area contributed by atoms with Gasteiger partial charge in [0.15, 0.2) is 11.6 Å². The van der Waals surface area contributed by atoms with Crippen molar-refractivity contribution >= 4 is 6.09 Å². The number of methoxy groups -OCH3 is 1. The summed E-state index contributed by atoms with van der Waals surface area (Å²) in [6, 6.07) is 3.13. The zero-order chi connectivity index (χ0) is 12.1. The molecule has 88 valence electrons. The first-order valence-corrected chi connectivity index (χ1v) is 4.52. The number of rotatable bonds is 4. The predicted molar refractivity (Wildman–Crippen MR) is 53.9 cm³/mol. The van der Waals surface area contributed by atoms with Gasteiger partial charge in [0.2, 0.25) is 0 Å². The fourth-order valence-corrected chi connectivity index (χ4v) is 1.28. The SMILES string of the molecule is COc1ccc(C(CO)NC(=O)O)cc1F. The number of nitrogens with one attached hydrogen (secondary N) is 1. The number of carbonyl (C=O) groups is 1. The molecule has 1 rings (SSSR count). The summed E-state index contributed by atoms with van der Waals surface area (Å²) in [6.07, 6.45) is -1.28. The van der Waals surface area contributed by atoms with Crippen LogP contribution < -0.4 is 10.1 Å². The number of amides is 1. The minimum absolute atomic E-state index is 0.0655. The lowest BCUT2D eigenvalue weighted by atomic mass is 10.1. The Morgan fingerprint density at radius 2 is 2.31 bits per heavy atom. The third-order valence-electron chi connectivity index (χ3n) is 2.06. The normalized spacial score (nSPS) is 11.9. The molecule has 0 aliphatic heterocycles. The van der Waals surface area contributed by atoms with Crippen molar-refractivity contribution in [1.82, 2.24) is 5.32 Å². The Kier molecular flexibility index (Phi) is 4.07. The molecule has 0 spiro atoms. The summed E-state index contributed by atoms with van der Waals surface area (Å²) >= 11 is 0. The molecule has 0 saturated heterocycles. The third-order valence-corrected chi connectivity index (χ3v) is 2.06. The van der Waals surface area contributed by atoms with Crippen LogP contribution in [0.2, 0.25) is 0 Å². The number of aliphatic hydroxyl groups is 1. The predicted octanol–water partition coefficient (Wildman–Crippen LogP) is 1.14. The van der Waals surface area contributed by atoms with Gasteiger partial charge >= 0.3 is 6.09 Å². The highest BCUT2D eigenvalue weighted by Crippen LogP contribution is 2.21. The van der Waals surface area contributed by atoms with Crippen LogP contribution in [0.1, 0.15) is 11.6 Å². The van der Waals surface area contributed by atoms with Gasteiger partial charge in [0, 0.05) is 0 Å². The topological polar surface area (TPSA) is 78.8 Å². The quantitative estimate of drug-likeness (QED) is 0.723. The molecule has 0 aromatic heterocycles. The van der Waals surface area contributed by atoms with Gasteiger partial charge in [-0.3, -0.25) is 0 Å². The number of halogens is 1. The highest BCUT2D eigenvalue weighted by atomic mass is 19.1. The van der Waals surface area contributed by atoms with Crippen LogP contribution in [-0.2, 0) is 0 Å². The van der Waals surface area contributed by atoms with E-state index in [2.05, 4.69) is 5.32 Å². The van der Waals surface area contributed by atoms with E-state index in [1.807, 2.05) is 0 Å². The Labute approximate surface area is 91.5 Å². The Balaban J connectivity index is 2.93. The fourth-order valence-electron chi connectivity index (χ4n) is 1.28. The average molecular weight is 229 g/mol. The molecule has 1 atom stereocenters. The Morgan fingerprint density at radius 1 is 1.62 bits per heavy atom. The zero-order valence-electron chi connectivity index (χ0n) is 8.61. The molecule has 0 aliphatic rings. The maximum absolute atomic E-state index is 13.3. The second-order valence-electron chi connectivity index (χ2n) is 3.08. The van der Waals surface area contributed by atoms with Crippen LogP contribution in [0.5, 0.6) is 5.75 Å². The van der Waals surface area contributed by atoms with Crippen LogP contribution in [-0.4, -0.2) is 30.0 Å². The lowest BCUT2D eigenvalue weighted by Crippen LogP contribution is -2.29. The van der Waals surface area contributed by atoms with Gasteiger partial charge in [0.25, 0.3) is 0 Å². The molecule has 1 aromatic carbocycles. The van der Waals surface area contributed by atoms with Crippen LogP contribution in [0.25, 0.3) is 0 Å². The molecule has 1 unspecified atom stereocenters. The van der Waals surface area contributed by atoms with E-state index in [9.17, 15) is 9.18 Å². The first-order chi connectivity index (χ1) is 7.58. The van der Waals surface area contributed by atoms with E-state index >= 15 is 0 Å². The molecule has 0 radical (unpaired) electrons. The molecule has 3 N–H and O–H groups in total. The maximum atomic E-state index is 13.3. The summed E-state index contributed by atoms with van der Waals surface area (Å²) in [5, 5.41) is 19.5. The molecule has 16 heavy (non-hydrogen) atoms. The van der Waals surface area contributed by atoms with Crippen LogP contribution in [0.3, 0.4) is 0 Å². The molecular weight excluding hydrogens is 217 g/mol. The summed E-state index contributed by atoms with van der Waals surface area (Å²) < 4.78 is 18.0. The minimum Gasteiger partial charge on any atom is -0.494 e. The van der Waals surface area contributed by atoms with Gasteiger partial charge in [0.05, 0.1) is 19.8 Å². The minimum atomic E-state index is -1.28. The van der Waals surface area contributed by atoms with Gasteiger partial charge in [-0.05, 0) is 17.7 Å². The van der Waals surface area contributed by atoms with E-state index in [0.29, 0.717) is 5.56 Å². The maximum Gasteiger partial charge on any atom is 0.405 e. The average Bonchev–Trinajstić information content (AvgIpc) is 2.25. The summed E-state index contributed by atoms with van der Waals surface area (Å²) in [5.74, 6) is -0.540. The highest BCUT2D eigenvalue weighted by Gasteiger charge is 2.14. The third kappa shape index (κ3) is 2.83. The van der Waals surface area contributed by atoms with Crippen LogP contribution in [0.15, 0.2) is 18.2 Å². The van der Waals surface area contributed by atoms with E-state index < -0.39 is 24.6 Å². The summed E-state index contributed by atoms with van der Waals surface area (Å²) in [6.45, 7) is -0.446. The lowest BCUT2D eigenvalue weighted by molar-refractivity contribution is 0.177. The molecule has 0 heterocycles. The molecule has 0 fully saturated rings. The lowest BCUT2D eigenvalue weighted by Gasteiger charge is -2.15. The van der Waals surface area contributed by atoms with Gasteiger partial charge in [-0.2, -0.15) is 0 Å². The van der Waals surface area contributed by atoms with Crippen molar-refractivity contribution in [3.8, 4) is 5.75 Å². The van der Waals surface area contributed by atoms with Crippen molar-refractivity contribution in [3.05, 3.63) is 29.6 Å². The fraction of sp³-hybridized carbons (Fsp3) is 0.300. The van der Waals surface area contributed by atoms with E-state index in [4.69, 9.17) is 14.9 Å². The van der Waals surface area contributed by atoms with Gasteiger partial charge in [-0.1, -0.05) is 6.07 Å². The van der Waals surface area contributed by atoms with Crippen LogP contribution in [0.4, 0.5) is 9.18 Å². The summed E-state index contributed by atoms with van der Waals surface area (Å²) in [4.78, 5) is 10.4. The van der Waals surface area contributed by atoms with Crippen molar-refractivity contribution in [2.24, 2.45) is 0 Å². The molecule has 6 heteroatoms. The summed E-state index contributed by atoms with van der Waals surface area (Å²) in [5.41, 5.74) is 0.336.